The third-order valence-electron chi connectivity index (χ3n) is 1.11. The molecule has 0 aliphatic carbocycles. The predicted molar refractivity (Wildman–Crippen MR) is 49.1 cm³/mol. The van der Waals surface area contributed by atoms with Crippen LogP contribution in [0, 0.1) is 0 Å². The molecule has 0 saturated carbocycles. The van der Waals surface area contributed by atoms with Gasteiger partial charge in [-0.05, 0) is 15.9 Å². The quantitative estimate of drug-likeness (QED) is 0.470. The Labute approximate surface area is 82.4 Å². The first-order valence-electron chi connectivity index (χ1n) is 2.92. The maximum atomic E-state index is 5.70. The van der Waals surface area contributed by atoms with Gasteiger partial charge in [-0.15, -0.1) is 0 Å². The summed E-state index contributed by atoms with van der Waals surface area (Å²) in [6.45, 7) is 0. The number of nitrogen functional groups attached to an aromatic ring is 1. The van der Waals surface area contributed by atoms with Crippen molar-refractivity contribution in [2.75, 3.05) is 12.5 Å². The van der Waals surface area contributed by atoms with Crippen LogP contribution in [0.5, 0.6) is 6.01 Å². The maximum absolute atomic E-state index is 5.70. The minimum absolute atomic E-state index is 0.163. The Kier molecular flexibility index (Phi) is 3.07. The molecule has 1 aromatic rings. The molecule has 0 radical (unpaired) electrons. The molecule has 0 amide bonds. The van der Waals surface area contributed by atoms with Gasteiger partial charge in [-0.25, -0.2) is 5.84 Å². The molecule has 0 saturated heterocycles. The highest BCUT2D eigenvalue weighted by Gasteiger charge is 2.09. The summed E-state index contributed by atoms with van der Waals surface area (Å²) < 4.78 is 5.28. The van der Waals surface area contributed by atoms with Crippen LogP contribution in [0.15, 0.2) is 4.47 Å². The number of nitrogens with two attached hydrogens (primary N) is 1. The first kappa shape index (κ1) is 9.50. The topological polar surface area (TPSA) is 73.1 Å². The Morgan fingerprint density at radius 2 is 2.25 bits per heavy atom. The van der Waals surface area contributed by atoms with Crippen LogP contribution >= 0.6 is 27.5 Å². The molecule has 3 N–H and O–H groups in total. The summed E-state index contributed by atoms with van der Waals surface area (Å²) >= 11 is 8.85. The molecular formula is C5H6BrClN4O. The number of rotatable bonds is 2. The number of aromatic nitrogens is 2. The third kappa shape index (κ3) is 1.77. The van der Waals surface area contributed by atoms with Gasteiger partial charge in [0.15, 0.2) is 11.0 Å². The second kappa shape index (κ2) is 3.88. The largest absolute Gasteiger partial charge is 0.467 e. The maximum Gasteiger partial charge on any atom is 0.319 e. The van der Waals surface area contributed by atoms with Crippen molar-refractivity contribution in [3.8, 4) is 6.01 Å². The summed E-state index contributed by atoms with van der Waals surface area (Å²) in [5.41, 5.74) is 2.35. The Morgan fingerprint density at radius 3 is 2.75 bits per heavy atom. The average Bonchev–Trinajstić information content (AvgIpc) is 2.09. The monoisotopic (exact) mass is 252 g/mol. The molecule has 5 nitrogen and oxygen atoms in total. The molecular weight excluding hydrogens is 247 g/mol. The fourth-order valence-corrected chi connectivity index (χ4v) is 1.04. The number of hydrazine groups is 1. The van der Waals surface area contributed by atoms with Crippen LogP contribution in [0.25, 0.3) is 0 Å². The van der Waals surface area contributed by atoms with E-state index in [1.54, 1.807) is 0 Å². The molecule has 1 rings (SSSR count). The van der Waals surface area contributed by atoms with E-state index in [4.69, 9.17) is 22.2 Å². The van der Waals surface area contributed by atoms with Crippen molar-refractivity contribution in [3.05, 3.63) is 9.63 Å². The van der Waals surface area contributed by atoms with E-state index in [1.165, 1.54) is 7.11 Å². The second-order valence-corrected chi connectivity index (χ2v) is 2.96. The Morgan fingerprint density at radius 1 is 1.58 bits per heavy atom. The number of anilines is 1. The number of methoxy groups -OCH3 is 1. The molecule has 0 atom stereocenters. The molecule has 12 heavy (non-hydrogen) atoms. The van der Waals surface area contributed by atoms with Gasteiger partial charge in [0.1, 0.15) is 0 Å². The van der Waals surface area contributed by atoms with Crippen LogP contribution in [0.4, 0.5) is 5.82 Å². The van der Waals surface area contributed by atoms with Gasteiger partial charge in [-0.1, -0.05) is 11.6 Å². The highest BCUT2D eigenvalue weighted by Crippen LogP contribution is 2.28. The SMILES string of the molecule is COc1nc(Cl)c(Br)c(NN)n1. The number of halogens is 2. The zero-order valence-electron chi connectivity index (χ0n) is 6.14. The molecule has 0 unspecified atom stereocenters. The fraction of sp³-hybridized carbons (Fsp3) is 0.200. The smallest absolute Gasteiger partial charge is 0.319 e. The second-order valence-electron chi connectivity index (χ2n) is 1.81. The Bertz CT molecular complexity index is 295. The van der Waals surface area contributed by atoms with Gasteiger partial charge in [0.2, 0.25) is 0 Å². The number of hydrogen-bond acceptors (Lipinski definition) is 5. The van der Waals surface area contributed by atoms with Crippen molar-refractivity contribution in [2.45, 2.75) is 0 Å². The third-order valence-corrected chi connectivity index (χ3v) is 2.36. The molecule has 0 spiro atoms. The van der Waals surface area contributed by atoms with Gasteiger partial charge in [0.25, 0.3) is 0 Å². The zero-order chi connectivity index (χ0) is 9.14. The number of hydrogen-bond donors (Lipinski definition) is 2. The van der Waals surface area contributed by atoms with Crippen LogP contribution in [0.3, 0.4) is 0 Å². The normalized spacial score (nSPS) is 9.67. The summed E-state index contributed by atoms with van der Waals surface area (Å²) in [6.07, 6.45) is 0. The molecule has 1 aromatic heterocycles. The summed E-state index contributed by atoms with van der Waals surface area (Å²) in [6, 6.07) is 0.163. The van der Waals surface area contributed by atoms with Gasteiger partial charge in [-0.2, -0.15) is 9.97 Å². The lowest BCUT2D eigenvalue weighted by Gasteiger charge is -2.05. The molecule has 0 aromatic carbocycles. The van der Waals surface area contributed by atoms with E-state index in [0.29, 0.717) is 10.3 Å². The van der Waals surface area contributed by atoms with E-state index in [2.05, 4.69) is 31.3 Å². The summed E-state index contributed by atoms with van der Waals surface area (Å²) in [7, 11) is 1.44. The molecule has 0 fully saturated rings. The zero-order valence-corrected chi connectivity index (χ0v) is 8.48. The van der Waals surface area contributed by atoms with Crippen molar-refractivity contribution in [1.82, 2.24) is 9.97 Å². The van der Waals surface area contributed by atoms with Crippen molar-refractivity contribution < 1.29 is 4.74 Å². The first-order chi connectivity index (χ1) is 5.69. The van der Waals surface area contributed by atoms with E-state index in [-0.39, 0.29) is 11.2 Å². The predicted octanol–water partition coefficient (Wildman–Crippen LogP) is 1.19. The number of nitrogens with one attached hydrogen (secondary N) is 1. The van der Waals surface area contributed by atoms with Crippen LogP contribution in [0.1, 0.15) is 0 Å². The molecule has 66 valence electrons. The first-order valence-corrected chi connectivity index (χ1v) is 4.09. The number of ether oxygens (including phenoxy) is 1. The lowest BCUT2D eigenvalue weighted by Crippen LogP contribution is -2.10. The summed E-state index contributed by atoms with van der Waals surface area (Å²) in [5, 5.41) is 0.245. The molecule has 7 heteroatoms. The molecule has 0 aliphatic rings. The van der Waals surface area contributed by atoms with E-state index < -0.39 is 0 Å². The average molecular weight is 253 g/mol. The van der Waals surface area contributed by atoms with Crippen molar-refractivity contribution in [1.29, 1.82) is 0 Å². The summed E-state index contributed by atoms with van der Waals surface area (Å²) in [4.78, 5) is 7.66. The van der Waals surface area contributed by atoms with Crippen LogP contribution in [0.2, 0.25) is 5.15 Å². The lowest BCUT2D eigenvalue weighted by molar-refractivity contribution is 0.380. The fourth-order valence-electron chi connectivity index (χ4n) is 0.587. The van der Waals surface area contributed by atoms with Crippen LogP contribution < -0.4 is 16.0 Å². The van der Waals surface area contributed by atoms with Gasteiger partial charge in [0.05, 0.1) is 11.6 Å². The van der Waals surface area contributed by atoms with Crippen molar-refractivity contribution >= 4 is 33.3 Å². The van der Waals surface area contributed by atoms with Gasteiger partial charge in [0, 0.05) is 0 Å². The van der Waals surface area contributed by atoms with Gasteiger partial charge in [-0.3, -0.25) is 0 Å². The van der Waals surface area contributed by atoms with Gasteiger partial charge >= 0.3 is 6.01 Å². The van der Waals surface area contributed by atoms with Crippen molar-refractivity contribution in [2.24, 2.45) is 5.84 Å². The molecule has 0 bridgehead atoms. The lowest BCUT2D eigenvalue weighted by atomic mass is 10.6. The summed E-state index contributed by atoms with van der Waals surface area (Å²) in [5.74, 6) is 5.54. The minimum Gasteiger partial charge on any atom is -0.467 e. The highest BCUT2D eigenvalue weighted by atomic mass is 79.9. The molecule has 1 heterocycles. The van der Waals surface area contributed by atoms with E-state index in [0.717, 1.165) is 0 Å². The van der Waals surface area contributed by atoms with E-state index in [1.807, 2.05) is 0 Å². The standard InChI is InChI=1S/C5H6BrClN4O/c1-12-5-9-3(7)2(6)4(10-5)11-8/h8H2,1H3,(H,9,10,11). The van der Waals surface area contributed by atoms with Gasteiger partial charge < -0.3 is 10.2 Å². The van der Waals surface area contributed by atoms with Crippen LogP contribution in [-0.2, 0) is 0 Å². The van der Waals surface area contributed by atoms with Crippen LogP contribution in [-0.4, -0.2) is 17.1 Å². The Balaban J connectivity index is 3.19. The number of nitrogens with zero attached hydrogens (tertiary/aromatic N) is 2. The van der Waals surface area contributed by atoms with E-state index >= 15 is 0 Å². The molecule has 0 aliphatic heterocycles. The van der Waals surface area contributed by atoms with E-state index in [9.17, 15) is 0 Å². The highest BCUT2D eigenvalue weighted by molar-refractivity contribution is 9.10. The minimum atomic E-state index is 0.163. The van der Waals surface area contributed by atoms with Crippen molar-refractivity contribution in [3.63, 3.8) is 0 Å². The Hall–Kier alpha value is -0.590.